The second-order valence-corrected chi connectivity index (χ2v) is 6.54. The van der Waals surface area contributed by atoms with E-state index >= 15 is 0 Å². The van der Waals surface area contributed by atoms with Crippen LogP contribution in [0.5, 0.6) is 0 Å². The number of rotatable bonds is 8. The summed E-state index contributed by atoms with van der Waals surface area (Å²) in [7, 11) is 0. The van der Waals surface area contributed by atoms with E-state index in [-0.39, 0.29) is 16.9 Å². The molecule has 1 amide bonds. The monoisotopic (exact) mass is 391 g/mol. The van der Waals surface area contributed by atoms with E-state index in [1.807, 2.05) is 0 Å². The number of H-pyrrole nitrogens is 2. The number of nitrogens with one attached hydrogen (secondary N) is 3. The SMILES string of the molecule is Cc1[nH]c(=O)[nH]c(=O)c1CCc1nnc(SCC(=O)NCc2ccco2)o1. The van der Waals surface area contributed by atoms with Crippen LogP contribution in [-0.4, -0.2) is 31.8 Å². The Kier molecular flexibility index (Phi) is 5.91. The third-order valence-electron chi connectivity index (χ3n) is 3.66. The maximum Gasteiger partial charge on any atom is 0.325 e. The molecule has 0 spiro atoms. The van der Waals surface area contributed by atoms with Crippen molar-refractivity contribution in [3.8, 4) is 0 Å². The lowest BCUT2D eigenvalue weighted by molar-refractivity contribution is -0.118. The van der Waals surface area contributed by atoms with Gasteiger partial charge in [-0.1, -0.05) is 11.8 Å². The van der Waals surface area contributed by atoms with Gasteiger partial charge in [-0.25, -0.2) is 4.79 Å². The normalized spacial score (nSPS) is 10.9. The molecule has 0 bridgehead atoms. The van der Waals surface area contributed by atoms with Gasteiger partial charge in [-0.3, -0.25) is 14.6 Å². The number of carbonyl (C=O) groups is 1. The number of aromatic nitrogens is 4. The average molecular weight is 391 g/mol. The van der Waals surface area contributed by atoms with Gasteiger partial charge in [-0.05, 0) is 25.5 Å². The number of nitrogens with zero attached hydrogens (tertiary/aromatic N) is 2. The van der Waals surface area contributed by atoms with Gasteiger partial charge in [0.15, 0.2) is 0 Å². The molecule has 0 unspecified atom stereocenters. The molecule has 0 radical (unpaired) electrons. The number of furan rings is 1. The second kappa shape index (κ2) is 8.54. The van der Waals surface area contributed by atoms with Crippen molar-refractivity contribution in [3.05, 3.63) is 62.1 Å². The van der Waals surface area contributed by atoms with Gasteiger partial charge < -0.3 is 19.1 Å². The number of amides is 1. The number of aromatic amines is 2. The van der Waals surface area contributed by atoms with Crippen molar-refractivity contribution in [2.24, 2.45) is 0 Å². The maximum absolute atomic E-state index is 11.8. The number of thioether (sulfide) groups is 1. The van der Waals surface area contributed by atoms with Gasteiger partial charge in [0, 0.05) is 17.7 Å². The average Bonchev–Trinajstić information content (AvgIpc) is 3.29. The van der Waals surface area contributed by atoms with E-state index in [0.717, 1.165) is 11.8 Å². The predicted molar refractivity (Wildman–Crippen MR) is 95.4 cm³/mol. The molecule has 0 fully saturated rings. The molecular weight excluding hydrogens is 374 g/mol. The van der Waals surface area contributed by atoms with Gasteiger partial charge in [0.25, 0.3) is 10.8 Å². The van der Waals surface area contributed by atoms with E-state index in [0.29, 0.717) is 42.3 Å². The number of carbonyl (C=O) groups excluding carboxylic acids is 1. The highest BCUT2D eigenvalue weighted by atomic mass is 32.2. The van der Waals surface area contributed by atoms with Crippen molar-refractivity contribution in [2.75, 3.05) is 5.75 Å². The predicted octanol–water partition coefficient (Wildman–Crippen LogP) is 0.541. The molecule has 0 aromatic carbocycles. The molecule has 0 aliphatic heterocycles. The van der Waals surface area contributed by atoms with Crippen LogP contribution in [0.25, 0.3) is 0 Å². The Hall–Kier alpha value is -3.08. The molecule has 3 N–H and O–H groups in total. The summed E-state index contributed by atoms with van der Waals surface area (Å²) in [6.45, 7) is 1.97. The summed E-state index contributed by atoms with van der Waals surface area (Å²) < 4.78 is 10.6. The highest BCUT2D eigenvalue weighted by Crippen LogP contribution is 2.16. The van der Waals surface area contributed by atoms with Gasteiger partial charge in [0.05, 0.1) is 18.6 Å². The molecular formula is C16H17N5O5S. The smallest absolute Gasteiger partial charge is 0.325 e. The Morgan fingerprint density at radius 3 is 2.85 bits per heavy atom. The van der Waals surface area contributed by atoms with E-state index in [1.54, 1.807) is 25.3 Å². The summed E-state index contributed by atoms with van der Waals surface area (Å²) in [5.41, 5.74) is -0.00737. The second-order valence-electron chi connectivity index (χ2n) is 5.62. The Balaban J connectivity index is 1.48. The van der Waals surface area contributed by atoms with Gasteiger partial charge in [0.1, 0.15) is 5.76 Å². The summed E-state index contributed by atoms with van der Waals surface area (Å²) >= 11 is 1.12. The zero-order valence-corrected chi connectivity index (χ0v) is 15.2. The summed E-state index contributed by atoms with van der Waals surface area (Å²) in [6, 6.07) is 3.52. The van der Waals surface area contributed by atoms with Crippen molar-refractivity contribution in [1.82, 2.24) is 25.5 Å². The minimum absolute atomic E-state index is 0.126. The summed E-state index contributed by atoms with van der Waals surface area (Å²) in [5, 5.41) is 10.8. The first kappa shape index (κ1) is 18.7. The molecule has 142 valence electrons. The number of aryl methyl sites for hydroxylation is 2. The molecule has 3 heterocycles. The van der Waals surface area contributed by atoms with Gasteiger partial charge in [-0.2, -0.15) is 0 Å². The van der Waals surface area contributed by atoms with Gasteiger partial charge >= 0.3 is 5.69 Å². The Morgan fingerprint density at radius 1 is 1.26 bits per heavy atom. The lowest BCUT2D eigenvalue weighted by atomic mass is 10.1. The highest BCUT2D eigenvalue weighted by molar-refractivity contribution is 7.99. The standard InChI is InChI=1S/C16H17N5O5S/c1-9-11(14(23)19-15(24)18-9)4-5-13-20-21-16(26-13)27-8-12(22)17-7-10-3-2-6-25-10/h2-3,6H,4-5,7-8H2,1H3,(H,17,22)(H2,18,19,23,24). The van der Waals surface area contributed by atoms with Crippen molar-refractivity contribution < 1.29 is 13.6 Å². The van der Waals surface area contributed by atoms with Crippen LogP contribution >= 0.6 is 11.8 Å². The topological polar surface area (TPSA) is 147 Å². The van der Waals surface area contributed by atoms with Crippen LogP contribution in [0.2, 0.25) is 0 Å². The Morgan fingerprint density at radius 2 is 2.11 bits per heavy atom. The number of hydrogen-bond acceptors (Lipinski definition) is 8. The molecule has 0 saturated carbocycles. The first-order valence-electron chi connectivity index (χ1n) is 8.07. The summed E-state index contributed by atoms with van der Waals surface area (Å²) in [5.74, 6) is 0.951. The maximum atomic E-state index is 11.8. The minimum atomic E-state index is -0.539. The summed E-state index contributed by atoms with van der Waals surface area (Å²) in [6.07, 6.45) is 2.22. The molecule has 3 aromatic rings. The van der Waals surface area contributed by atoms with E-state index in [2.05, 4.69) is 25.5 Å². The molecule has 27 heavy (non-hydrogen) atoms. The van der Waals surface area contributed by atoms with Crippen LogP contribution in [0, 0.1) is 6.92 Å². The number of hydrogen-bond donors (Lipinski definition) is 3. The van der Waals surface area contributed by atoms with Gasteiger partial charge in [-0.15, -0.1) is 10.2 Å². The van der Waals surface area contributed by atoms with Crippen LogP contribution in [0.4, 0.5) is 0 Å². The fraction of sp³-hybridized carbons (Fsp3) is 0.312. The lowest BCUT2D eigenvalue weighted by Gasteiger charge is -2.02. The fourth-order valence-electron chi connectivity index (χ4n) is 2.33. The van der Waals surface area contributed by atoms with Crippen LogP contribution in [0.1, 0.15) is 22.9 Å². The molecule has 0 aliphatic rings. The highest BCUT2D eigenvalue weighted by Gasteiger charge is 2.12. The van der Waals surface area contributed by atoms with E-state index < -0.39 is 11.2 Å². The van der Waals surface area contributed by atoms with E-state index in [1.165, 1.54) is 0 Å². The zero-order valence-electron chi connectivity index (χ0n) is 14.4. The Labute approximate surface area is 156 Å². The summed E-state index contributed by atoms with van der Waals surface area (Å²) in [4.78, 5) is 39.5. The lowest BCUT2D eigenvalue weighted by Crippen LogP contribution is -2.27. The largest absolute Gasteiger partial charge is 0.467 e. The minimum Gasteiger partial charge on any atom is -0.467 e. The molecule has 3 aromatic heterocycles. The molecule has 11 heteroatoms. The van der Waals surface area contributed by atoms with Crippen molar-refractivity contribution in [3.63, 3.8) is 0 Å². The van der Waals surface area contributed by atoms with Crippen molar-refractivity contribution in [1.29, 1.82) is 0 Å². The quantitative estimate of drug-likeness (QED) is 0.472. The molecule has 0 atom stereocenters. The molecule has 10 nitrogen and oxygen atoms in total. The fourth-order valence-corrected chi connectivity index (χ4v) is 2.94. The Bertz CT molecular complexity index is 1020. The van der Waals surface area contributed by atoms with Gasteiger partial charge in [0.2, 0.25) is 11.8 Å². The van der Waals surface area contributed by atoms with Crippen LogP contribution in [-0.2, 0) is 24.2 Å². The molecule has 0 saturated heterocycles. The van der Waals surface area contributed by atoms with E-state index in [9.17, 15) is 14.4 Å². The third kappa shape index (κ3) is 5.20. The van der Waals surface area contributed by atoms with Crippen molar-refractivity contribution >= 4 is 17.7 Å². The zero-order chi connectivity index (χ0) is 19.2. The van der Waals surface area contributed by atoms with Crippen LogP contribution < -0.4 is 16.6 Å². The van der Waals surface area contributed by atoms with E-state index in [4.69, 9.17) is 8.83 Å². The first-order valence-corrected chi connectivity index (χ1v) is 9.06. The third-order valence-corrected chi connectivity index (χ3v) is 4.48. The van der Waals surface area contributed by atoms with Crippen LogP contribution in [0.15, 0.2) is 42.0 Å². The van der Waals surface area contributed by atoms with Crippen LogP contribution in [0.3, 0.4) is 0 Å². The molecule has 3 rings (SSSR count). The van der Waals surface area contributed by atoms with Crippen molar-refractivity contribution in [2.45, 2.75) is 31.5 Å². The molecule has 0 aliphatic carbocycles. The first-order chi connectivity index (χ1) is 13.0.